The highest BCUT2D eigenvalue weighted by atomic mass is 19.4. The third kappa shape index (κ3) is 4.37. The van der Waals surface area contributed by atoms with Gasteiger partial charge in [0.2, 0.25) is 0 Å². The van der Waals surface area contributed by atoms with E-state index < -0.39 is 17.6 Å². The van der Waals surface area contributed by atoms with Gasteiger partial charge in [-0.2, -0.15) is 13.2 Å². The predicted molar refractivity (Wildman–Crippen MR) is 98.0 cm³/mol. The molecule has 0 aliphatic rings. The first-order valence-corrected chi connectivity index (χ1v) is 8.40. The first kappa shape index (κ1) is 20.3. The fraction of sp³-hybridized carbons (Fsp3) is 0.211. The van der Waals surface area contributed by atoms with Crippen molar-refractivity contribution in [3.05, 3.63) is 65.5 Å². The molecule has 0 bridgehead atoms. The molecule has 0 spiro atoms. The van der Waals surface area contributed by atoms with Crippen LogP contribution in [0.1, 0.15) is 21.7 Å². The number of hydrogen-bond acceptors (Lipinski definition) is 5. The first-order chi connectivity index (χ1) is 13.8. The number of para-hydroxylation sites is 1. The van der Waals surface area contributed by atoms with E-state index in [2.05, 4.69) is 15.6 Å². The van der Waals surface area contributed by atoms with E-state index in [4.69, 9.17) is 9.47 Å². The summed E-state index contributed by atoms with van der Waals surface area (Å²) in [4.78, 5) is 12.7. The molecule has 29 heavy (non-hydrogen) atoms. The molecule has 152 valence electrons. The van der Waals surface area contributed by atoms with Crippen LogP contribution in [0.15, 0.2) is 48.5 Å². The van der Waals surface area contributed by atoms with Crippen molar-refractivity contribution in [2.75, 3.05) is 19.5 Å². The van der Waals surface area contributed by atoms with Crippen LogP contribution in [0.4, 0.5) is 18.9 Å². The van der Waals surface area contributed by atoms with Gasteiger partial charge < -0.3 is 14.8 Å². The van der Waals surface area contributed by atoms with Crippen LogP contribution in [0, 0.1) is 0 Å². The first-order valence-electron chi connectivity index (χ1n) is 8.40. The van der Waals surface area contributed by atoms with Crippen LogP contribution in [0.5, 0.6) is 5.75 Å². The van der Waals surface area contributed by atoms with Gasteiger partial charge in [-0.25, -0.2) is 4.68 Å². The summed E-state index contributed by atoms with van der Waals surface area (Å²) in [7, 11) is 2.95. The Labute approximate surface area is 164 Å². The number of nitrogens with zero attached hydrogens (tertiary/aromatic N) is 3. The van der Waals surface area contributed by atoms with Gasteiger partial charge in [-0.3, -0.25) is 4.79 Å². The van der Waals surface area contributed by atoms with E-state index in [-0.39, 0.29) is 18.0 Å². The standard InChI is InChI=1S/C19H17F3N4O3/c1-28-11-16-17(24-25-26(16)12-7-9-13(29-2)10-8-12)18(27)23-15-6-4-3-5-14(15)19(20,21)22/h3-10H,11H2,1-2H3,(H,23,27). The van der Waals surface area contributed by atoms with Crippen molar-refractivity contribution in [2.24, 2.45) is 0 Å². The van der Waals surface area contributed by atoms with Gasteiger partial charge in [0.15, 0.2) is 5.69 Å². The zero-order valence-corrected chi connectivity index (χ0v) is 15.5. The lowest BCUT2D eigenvalue weighted by Gasteiger charge is -2.13. The van der Waals surface area contributed by atoms with Crippen molar-refractivity contribution in [1.82, 2.24) is 15.0 Å². The normalized spacial score (nSPS) is 11.3. The van der Waals surface area contributed by atoms with E-state index in [0.717, 1.165) is 6.07 Å². The maximum atomic E-state index is 13.2. The lowest BCUT2D eigenvalue weighted by molar-refractivity contribution is -0.136. The van der Waals surface area contributed by atoms with Crippen molar-refractivity contribution < 1.29 is 27.4 Å². The van der Waals surface area contributed by atoms with Crippen LogP contribution in [-0.4, -0.2) is 35.1 Å². The Balaban J connectivity index is 1.95. The number of benzene rings is 2. The minimum Gasteiger partial charge on any atom is -0.497 e. The van der Waals surface area contributed by atoms with Crippen LogP contribution in [-0.2, 0) is 17.5 Å². The predicted octanol–water partition coefficient (Wildman–Crippen LogP) is 3.69. The molecule has 1 amide bonds. The van der Waals surface area contributed by atoms with Crippen molar-refractivity contribution in [3.63, 3.8) is 0 Å². The Morgan fingerprint density at radius 2 is 1.79 bits per heavy atom. The number of ether oxygens (including phenoxy) is 2. The molecule has 1 N–H and O–H groups in total. The Bertz CT molecular complexity index is 1000. The average molecular weight is 406 g/mol. The SMILES string of the molecule is COCc1c(C(=O)Nc2ccccc2C(F)(F)F)nnn1-c1ccc(OC)cc1. The topological polar surface area (TPSA) is 78.3 Å². The Kier molecular flexibility index (Phi) is 5.83. The van der Waals surface area contributed by atoms with Gasteiger partial charge >= 0.3 is 6.18 Å². The fourth-order valence-electron chi connectivity index (χ4n) is 2.70. The van der Waals surface area contributed by atoms with Crippen molar-refractivity contribution in [1.29, 1.82) is 0 Å². The number of amides is 1. The van der Waals surface area contributed by atoms with Crippen molar-refractivity contribution in [3.8, 4) is 11.4 Å². The number of carbonyl (C=O) groups excluding carboxylic acids is 1. The van der Waals surface area contributed by atoms with Gasteiger partial charge in [-0.05, 0) is 36.4 Å². The molecule has 1 aromatic heterocycles. The molecule has 0 unspecified atom stereocenters. The smallest absolute Gasteiger partial charge is 0.418 e. The van der Waals surface area contributed by atoms with Gasteiger partial charge in [0.05, 0.1) is 30.7 Å². The van der Waals surface area contributed by atoms with Crippen LogP contribution < -0.4 is 10.1 Å². The van der Waals surface area contributed by atoms with E-state index in [0.29, 0.717) is 17.1 Å². The maximum Gasteiger partial charge on any atom is 0.418 e. The largest absolute Gasteiger partial charge is 0.497 e. The van der Waals surface area contributed by atoms with E-state index >= 15 is 0 Å². The lowest BCUT2D eigenvalue weighted by Crippen LogP contribution is -2.19. The Hall–Kier alpha value is -3.40. The summed E-state index contributed by atoms with van der Waals surface area (Å²) in [5, 5.41) is 10.1. The highest BCUT2D eigenvalue weighted by Crippen LogP contribution is 2.34. The number of rotatable bonds is 6. The number of anilines is 1. The molecule has 0 aliphatic heterocycles. The fourth-order valence-corrected chi connectivity index (χ4v) is 2.70. The molecular formula is C19H17F3N4O3. The van der Waals surface area contributed by atoms with E-state index in [1.165, 1.54) is 37.1 Å². The Morgan fingerprint density at radius 1 is 1.10 bits per heavy atom. The third-order valence-corrected chi connectivity index (χ3v) is 4.06. The summed E-state index contributed by atoms with van der Waals surface area (Å²) in [6.07, 6.45) is -4.61. The molecule has 0 saturated heterocycles. The minimum atomic E-state index is -4.61. The summed E-state index contributed by atoms with van der Waals surface area (Å²) in [6, 6.07) is 11.5. The molecule has 7 nitrogen and oxygen atoms in total. The molecule has 0 aliphatic carbocycles. The molecular weight excluding hydrogens is 389 g/mol. The molecule has 0 atom stereocenters. The second-order valence-electron chi connectivity index (χ2n) is 5.93. The molecule has 1 heterocycles. The summed E-state index contributed by atoms with van der Waals surface area (Å²) in [6.45, 7) is -0.0251. The van der Waals surface area contributed by atoms with Gasteiger partial charge in [-0.15, -0.1) is 5.10 Å². The van der Waals surface area contributed by atoms with Crippen molar-refractivity contribution >= 4 is 11.6 Å². The van der Waals surface area contributed by atoms with Gasteiger partial charge in [0.1, 0.15) is 11.4 Å². The average Bonchev–Trinajstić information content (AvgIpc) is 3.12. The van der Waals surface area contributed by atoms with Crippen LogP contribution in [0.2, 0.25) is 0 Å². The zero-order valence-electron chi connectivity index (χ0n) is 15.5. The quantitative estimate of drug-likeness (QED) is 0.676. The molecule has 10 heteroatoms. The van der Waals surface area contributed by atoms with Crippen molar-refractivity contribution in [2.45, 2.75) is 12.8 Å². The van der Waals surface area contributed by atoms with Gasteiger partial charge in [0.25, 0.3) is 5.91 Å². The summed E-state index contributed by atoms with van der Waals surface area (Å²) in [5.74, 6) is -0.197. The van der Waals surface area contributed by atoms with Crippen LogP contribution in [0.25, 0.3) is 5.69 Å². The molecule has 0 radical (unpaired) electrons. The van der Waals surface area contributed by atoms with Crippen LogP contribution in [0.3, 0.4) is 0 Å². The van der Waals surface area contributed by atoms with Gasteiger partial charge in [-0.1, -0.05) is 17.3 Å². The molecule has 2 aromatic carbocycles. The number of alkyl halides is 3. The highest BCUT2D eigenvalue weighted by molar-refractivity contribution is 6.04. The maximum absolute atomic E-state index is 13.2. The molecule has 3 aromatic rings. The summed E-state index contributed by atoms with van der Waals surface area (Å²) < 4.78 is 51.1. The number of carbonyl (C=O) groups is 1. The number of nitrogens with one attached hydrogen (secondary N) is 1. The minimum absolute atomic E-state index is 0.0251. The third-order valence-electron chi connectivity index (χ3n) is 4.06. The number of halogens is 3. The number of hydrogen-bond donors (Lipinski definition) is 1. The number of aromatic nitrogens is 3. The second kappa shape index (κ2) is 8.31. The summed E-state index contributed by atoms with van der Waals surface area (Å²) in [5.41, 5.74) is -0.587. The molecule has 0 saturated carbocycles. The van der Waals surface area contributed by atoms with Crippen LogP contribution >= 0.6 is 0 Å². The van der Waals surface area contributed by atoms with Gasteiger partial charge in [0, 0.05) is 7.11 Å². The lowest BCUT2D eigenvalue weighted by atomic mass is 10.1. The molecule has 0 fully saturated rings. The zero-order chi connectivity index (χ0) is 21.0. The van der Waals surface area contributed by atoms with E-state index in [1.54, 1.807) is 24.3 Å². The monoisotopic (exact) mass is 406 g/mol. The summed E-state index contributed by atoms with van der Waals surface area (Å²) >= 11 is 0. The Morgan fingerprint density at radius 3 is 2.41 bits per heavy atom. The highest BCUT2D eigenvalue weighted by Gasteiger charge is 2.34. The van der Waals surface area contributed by atoms with E-state index in [1.807, 2.05) is 0 Å². The van der Waals surface area contributed by atoms with E-state index in [9.17, 15) is 18.0 Å². The second-order valence-corrected chi connectivity index (χ2v) is 5.93. The molecule has 3 rings (SSSR count). The number of methoxy groups -OCH3 is 2.